The first-order valence-corrected chi connectivity index (χ1v) is 7.35. The van der Waals surface area contributed by atoms with Crippen LogP contribution in [0.3, 0.4) is 0 Å². The Bertz CT molecular complexity index is 747. The van der Waals surface area contributed by atoms with E-state index < -0.39 is 0 Å². The molecule has 0 radical (unpaired) electrons. The van der Waals surface area contributed by atoms with Crippen molar-refractivity contribution >= 4 is 17.4 Å². The predicted octanol–water partition coefficient (Wildman–Crippen LogP) is 2.58. The second kappa shape index (κ2) is 7.36. The third kappa shape index (κ3) is 4.27. The first-order valence-electron chi connectivity index (χ1n) is 7.35. The summed E-state index contributed by atoms with van der Waals surface area (Å²) in [7, 11) is 0. The number of benzene rings is 1. The molecule has 0 aliphatic rings. The Hall–Kier alpha value is -2.94. The number of nitriles is 1. The van der Waals surface area contributed by atoms with Crippen molar-refractivity contribution in [2.75, 3.05) is 17.2 Å². The van der Waals surface area contributed by atoms with Gasteiger partial charge in [-0.05, 0) is 43.5 Å². The number of anilines is 2. The van der Waals surface area contributed by atoms with Crippen molar-refractivity contribution in [3.05, 3.63) is 46.6 Å². The van der Waals surface area contributed by atoms with Gasteiger partial charge in [-0.1, -0.05) is 12.1 Å². The lowest BCUT2D eigenvalue weighted by Crippen LogP contribution is -2.10. The lowest BCUT2D eigenvalue weighted by atomic mass is 10.1. The maximum Gasteiger partial charge on any atom is 0.221 e. The topological polar surface area (TPSA) is 90.7 Å². The summed E-state index contributed by atoms with van der Waals surface area (Å²) in [6.45, 7) is 5.83. The summed E-state index contributed by atoms with van der Waals surface area (Å²) in [5.74, 6) is 0.433. The van der Waals surface area contributed by atoms with Crippen LogP contribution in [0.1, 0.15) is 29.3 Å². The summed E-state index contributed by atoms with van der Waals surface area (Å²) >= 11 is 0. The average molecular weight is 309 g/mol. The summed E-state index contributed by atoms with van der Waals surface area (Å²) in [5.41, 5.74) is 4.06. The van der Waals surface area contributed by atoms with Crippen molar-refractivity contribution in [2.45, 2.75) is 27.2 Å². The standard InChI is InChI=1S/C17H19N5O/c1-11-12(2)21-22-17(16(11)10-18)19-9-8-14-4-6-15(7-5-14)20-13(3)23/h4-7H,8-9H2,1-3H3,(H,19,22)(H,20,23). The van der Waals surface area contributed by atoms with E-state index in [9.17, 15) is 10.1 Å². The molecule has 0 saturated carbocycles. The molecular weight excluding hydrogens is 290 g/mol. The van der Waals surface area contributed by atoms with Crippen LogP contribution in [0.25, 0.3) is 0 Å². The molecule has 0 fully saturated rings. The van der Waals surface area contributed by atoms with Gasteiger partial charge in [0.25, 0.3) is 0 Å². The largest absolute Gasteiger partial charge is 0.367 e. The van der Waals surface area contributed by atoms with Crippen LogP contribution in [0.15, 0.2) is 24.3 Å². The van der Waals surface area contributed by atoms with Gasteiger partial charge in [0.15, 0.2) is 5.82 Å². The van der Waals surface area contributed by atoms with E-state index in [1.807, 2.05) is 38.1 Å². The number of rotatable bonds is 5. The summed E-state index contributed by atoms with van der Waals surface area (Å²) in [6, 6.07) is 9.84. The number of aryl methyl sites for hydroxylation is 1. The van der Waals surface area contributed by atoms with E-state index in [0.29, 0.717) is 17.9 Å². The number of hydrogen-bond acceptors (Lipinski definition) is 5. The maximum atomic E-state index is 11.0. The second-order valence-corrected chi connectivity index (χ2v) is 5.30. The third-order valence-corrected chi connectivity index (χ3v) is 3.55. The van der Waals surface area contributed by atoms with Crippen LogP contribution in [0.4, 0.5) is 11.5 Å². The number of nitrogens with one attached hydrogen (secondary N) is 2. The summed E-state index contributed by atoms with van der Waals surface area (Å²) in [5, 5.41) is 23.2. The predicted molar refractivity (Wildman–Crippen MR) is 89.2 cm³/mol. The number of hydrogen-bond donors (Lipinski definition) is 2. The molecule has 6 heteroatoms. The van der Waals surface area contributed by atoms with Gasteiger partial charge < -0.3 is 10.6 Å². The Kier molecular flexibility index (Phi) is 5.26. The lowest BCUT2D eigenvalue weighted by molar-refractivity contribution is -0.114. The molecule has 1 aromatic carbocycles. The van der Waals surface area contributed by atoms with Crippen LogP contribution in [0.5, 0.6) is 0 Å². The summed E-state index contributed by atoms with van der Waals surface area (Å²) < 4.78 is 0. The molecule has 0 unspecified atom stereocenters. The molecule has 0 aliphatic carbocycles. The molecular formula is C17H19N5O. The number of carbonyl (C=O) groups excluding carboxylic acids is 1. The molecule has 1 heterocycles. The highest BCUT2D eigenvalue weighted by molar-refractivity contribution is 5.88. The number of aromatic nitrogens is 2. The van der Waals surface area contributed by atoms with E-state index >= 15 is 0 Å². The van der Waals surface area contributed by atoms with Gasteiger partial charge >= 0.3 is 0 Å². The van der Waals surface area contributed by atoms with Crippen molar-refractivity contribution in [1.29, 1.82) is 5.26 Å². The normalized spacial score (nSPS) is 10.0. The van der Waals surface area contributed by atoms with Gasteiger partial charge in [-0.2, -0.15) is 10.4 Å². The van der Waals surface area contributed by atoms with Gasteiger partial charge in [0, 0.05) is 19.2 Å². The fourth-order valence-corrected chi connectivity index (χ4v) is 2.15. The van der Waals surface area contributed by atoms with E-state index in [-0.39, 0.29) is 5.91 Å². The highest BCUT2D eigenvalue weighted by Gasteiger charge is 2.10. The lowest BCUT2D eigenvalue weighted by Gasteiger charge is -2.10. The minimum atomic E-state index is -0.0863. The van der Waals surface area contributed by atoms with Crippen LogP contribution in [-0.2, 0) is 11.2 Å². The zero-order chi connectivity index (χ0) is 16.8. The highest BCUT2D eigenvalue weighted by atomic mass is 16.1. The molecule has 0 bridgehead atoms. The molecule has 0 atom stereocenters. The zero-order valence-corrected chi connectivity index (χ0v) is 13.5. The van der Waals surface area contributed by atoms with Gasteiger partial charge in [0.1, 0.15) is 11.6 Å². The molecule has 6 nitrogen and oxygen atoms in total. The minimum absolute atomic E-state index is 0.0863. The van der Waals surface area contributed by atoms with Crippen LogP contribution in [0, 0.1) is 25.2 Å². The third-order valence-electron chi connectivity index (χ3n) is 3.55. The van der Waals surface area contributed by atoms with Gasteiger partial charge in [0.05, 0.1) is 5.69 Å². The first-order chi connectivity index (χ1) is 11.0. The van der Waals surface area contributed by atoms with Crippen molar-refractivity contribution in [1.82, 2.24) is 10.2 Å². The summed E-state index contributed by atoms with van der Waals surface area (Å²) in [4.78, 5) is 11.0. The van der Waals surface area contributed by atoms with Gasteiger partial charge in [-0.25, -0.2) is 0 Å². The maximum absolute atomic E-state index is 11.0. The Morgan fingerprint density at radius 3 is 2.52 bits per heavy atom. The zero-order valence-electron chi connectivity index (χ0n) is 13.5. The Morgan fingerprint density at radius 1 is 1.22 bits per heavy atom. The Morgan fingerprint density at radius 2 is 1.91 bits per heavy atom. The fourth-order valence-electron chi connectivity index (χ4n) is 2.15. The van der Waals surface area contributed by atoms with Crippen molar-refractivity contribution in [2.24, 2.45) is 0 Å². The molecule has 1 aromatic heterocycles. The molecule has 0 spiro atoms. The van der Waals surface area contributed by atoms with Crippen molar-refractivity contribution in [3.8, 4) is 6.07 Å². The Balaban J connectivity index is 1.97. The molecule has 23 heavy (non-hydrogen) atoms. The van der Waals surface area contributed by atoms with Crippen LogP contribution in [-0.4, -0.2) is 22.6 Å². The summed E-state index contributed by atoms with van der Waals surface area (Å²) in [6.07, 6.45) is 0.778. The molecule has 0 aliphatic heterocycles. The van der Waals surface area contributed by atoms with E-state index in [1.54, 1.807) is 0 Å². The molecule has 118 valence electrons. The van der Waals surface area contributed by atoms with E-state index in [0.717, 1.165) is 28.9 Å². The van der Waals surface area contributed by atoms with Gasteiger partial charge in [-0.15, -0.1) is 5.10 Å². The average Bonchev–Trinajstić information content (AvgIpc) is 2.52. The molecule has 2 aromatic rings. The molecule has 1 amide bonds. The number of nitrogens with zero attached hydrogens (tertiary/aromatic N) is 3. The molecule has 2 N–H and O–H groups in total. The van der Waals surface area contributed by atoms with Gasteiger partial charge in [0.2, 0.25) is 5.91 Å². The SMILES string of the molecule is CC(=O)Nc1ccc(CCNc2nnc(C)c(C)c2C#N)cc1. The van der Waals surface area contributed by atoms with Crippen LogP contribution >= 0.6 is 0 Å². The smallest absolute Gasteiger partial charge is 0.221 e. The fraction of sp³-hybridized carbons (Fsp3) is 0.294. The number of carbonyl (C=O) groups is 1. The molecule has 2 rings (SSSR count). The highest BCUT2D eigenvalue weighted by Crippen LogP contribution is 2.17. The molecule has 0 saturated heterocycles. The number of amides is 1. The minimum Gasteiger partial charge on any atom is -0.367 e. The van der Waals surface area contributed by atoms with Gasteiger partial charge in [-0.3, -0.25) is 4.79 Å². The second-order valence-electron chi connectivity index (χ2n) is 5.30. The van der Waals surface area contributed by atoms with Crippen LogP contribution in [0.2, 0.25) is 0 Å². The van der Waals surface area contributed by atoms with Crippen molar-refractivity contribution < 1.29 is 4.79 Å². The monoisotopic (exact) mass is 309 g/mol. The van der Waals surface area contributed by atoms with Crippen molar-refractivity contribution in [3.63, 3.8) is 0 Å². The first kappa shape index (κ1) is 16.4. The van der Waals surface area contributed by atoms with E-state index in [1.165, 1.54) is 6.92 Å². The van der Waals surface area contributed by atoms with Crippen LogP contribution < -0.4 is 10.6 Å². The van der Waals surface area contributed by atoms with E-state index in [2.05, 4.69) is 26.9 Å². The quantitative estimate of drug-likeness (QED) is 0.886. The van der Waals surface area contributed by atoms with E-state index in [4.69, 9.17) is 0 Å². The Labute approximate surface area is 135 Å².